The van der Waals surface area contributed by atoms with Crippen molar-refractivity contribution in [3.63, 3.8) is 0 Å². The minimum absolute atomic E-state index is 0.156. The van der Waals surface area contributed by atoms with Gasteiger partial charge in [0.05, 0.1) is 13.2 Å². The molecule has 1 aromatic heterocycles. The molecule has 0 unspecified atom stereocenters. The maximum atomic E-state index is 12.9. The lowest BCUT2D eigenvalue weighted by molar-refractivity contribution is 0.0383. The number of nitrogens with zero attached hydrogens (tertiary/aromatic N) is 2. The fourth-order valence-corrected chi connectivity index (χ4v) is 2.81. The second-order valence-corrected chi connectivity index (χ2v) is 6.43. The Balaban J connectivity index is 1.49. The molecule has 2 heterocycles. The summed E-state index contributed by atoms with van der Waals surface area (Å²) in [5.41, 5.74) is 1.12. The van der Waals surface area contributed by atoms with Crippen LogP contribution in [0.15, 0.2) is 42.5 Å². The average Bonchev–Trinajstić information content (AvgIpc) is 2.74. The van der Waals surface area contributed by atoms with Crippen molar-refractivity contribution in [1.29, 1.82) is 0 Å². The maximum Gasteiger partial charge on any atom is 0.270 e. The molecule has 8 heteroatoms. The molecule has 0 radical (unpaired) electrons. The van der Waals surface area contributed by atoms with Gasteiger partial charge in [0.1, 0.15) is 17.2 Å². The first-order valence-electron chi connectivity index (χ1n) is 9.20. The van der Waals surface area contributed by atoms with Gasteiger partial charge >= 0.3 is 0 Å². The predicted octanol–water partition coefficient (Wildman–Crippen LogP) is 1.21. The molecule has 148 valence electrons. The highest BCUT2D eigenvalue weighted by Gasteiger charge is 2.14. The van der Waals surface area contributed by atoms with Crippen LogP contribution in [0.25, 0.3) is 0 Å². The molecular weight excluding hydrogens is 363 g/mol. The molecule has 2 amide bonds. The Kier molecular flexibility index (Phi) is 7.05. The van der Waals surface area contributed by atoms with E-state index in [9.17, 15) is 14.0 Å². The number of hydrogen-bond donors (Lipinski definition) is 2. The van der Waals surface area contributed by atoms with Crippen molar-refractivity contribution in [2.45, 2.75) is 6.54 Å². The summed E-state index contributed by atoms with van der Waals surface area (Å²) < 4.78 is 18.2. The third-order valence-electron chi connectivity index (χ3n) is 4.40. The van der Waals surface area contributed by atoms with Gasteiger partial charge in [0.2, 0.25) is 0 Å². The Morgan fingerprint density at radius 2 is 1.64 bits per heavy atom. The fraction of sp³-hybridized carbons (Fsp3) is 0.350. The smallest absolute Gasteiger partial charge is 0.270 e. The molecule has 0 atom stereocenters. The largest absolute Gasteiger partial charge is 0.379 e. The van der Waals surface area contributed by atoms with E-state index < -0.39 is 5.91 Å². The summed E-state index contributed by atoms with van der Waals surface area (Å²) in [6, 6.07) is 10.6. The summed E-state index contributed by atoms with van der Waals surface area (Å²) in [5.74, 6) is -1.04. The van der Waals surface area contributed by atoms with Gasteiger partial charge in [-0.1, -0.05) is 18.2 Å². The second kappa shape index (κ2) is 9.91. The number of hydrogen-bond acceptors (Lipinski definition) is 5. The zero-order valence-corrected chi connectivity index (χ0v) is 15.5. The van der Waals surface area contributed by atoms with Crippen LogP contribution in [-0.2, 0) is 11.3 Å². The highest BCUT2D eigenvalue weighted by atomic mass is 19.1. The number of pyridine rings is 1. The maximum absolute atomic E-state index is 12.9. The van der Waals surface area contributed by atoms with Crippen LogP contribution in [0.1, 0.15) is 26.5 Å². The van der Waals surface area contributed by atoms with E-state index >= 15 is 0 Å². The van der Waals surface area contributed by atoms with Crippen molar-refractivity contribution in [3.05, 3.63) is 65.2 Å². The van der Waals surface area contributed by atoms with Gasteiger partial charge in [0.25, 0.3) is 11.8 Å². The van der Waals surface area contributed by atoms with Gasteiger partial charge in [-0.2, -0.15) is 0 Å². The average molecular weight is 386 g/mol. The van der Waals surface area contributed by atoms with Crippen LogP contribution in [-0.4, -0.2) is 61.1 Å². The molecule has 0 saturated carbocycles. The highest BCUT2D eigenvalue weighted by molar-refractivity contribution is 5.96. The Labute approximate surface area is 162 Å². The lowest BCUT2D eigenvalue weighted by atomic mass is 10.2. The zero-order valence-electron chi connectivity index (χ0n) is 15.5. The Morgan fingerprint density at radius 1 is 1.00 bits per heavy atom. The SMILES string of the molecule is O=C(NCCN1CCOCC1)c1cccc(C(=O)NCc2ccc(F)cc2)n1. The third kappa shape index (κ3) is 5.83. The quantitative estimate of drug-likeness (QED) is 0.748. The van der Waals surface area contributed by atoms with Gasteiger partial charge in [0, 0.05) is 32.7 Å². The van der Waals surface area contributed by atoms with Crippen molar-refractivity contribution in [2.24, 2.45) is 0 Å². The molecule has 0 spiro atoms. The topological polar surface area (TPSA) is 83.6 Å². The van der Waals surface area contributed by atoms with Crippen LogP contribution in [0.5, 0.6) is 0 Å². The summed E-state index contributed by atoms with van der Waals surface area (Å²) in [6.07, 6.45) is 0. The second-order valence-electron chi connectivity index (χ2n) is 6.43. The molecule has 0 aliphatic carbocycles. The number of amides is 2. The number of ether oxygens (including phenoxy) is 1. The number of rotatable bonds is 7. The third-order valence-corrected chi connectivity index (χ3v) is 4.40. The van der Waals surface area contributed by atoms with E-state index in [2.05, 4.69) is 20.5 Å². The number of nitrogens with one attached hydrogen (secondary N) is 2. The Bertz CT molecular complexity index is 807. The number of aromatic nitrogens is 1. The van der Waals surface area contributed by atoms with Crippen LogP contribution in [0.3, 0.4) is 0 Å². The highest BCUT2D eigenvalue weighted by Crippen LogP contribution is 2.04. The molecule has 28 heavy (non-hydrogen) atoms. The number of carbonyl (C=O) groups is 2. The first kappa shape index (κ1) is 19.9. The van der Waals surface area contributed by atoms with Crippen molar-refractivity contribution < 1.29 is 18.7 Å². The van der Waals surface area contributed by atoms with E-state index in [1.807, 2.05) is 0 Å². The van der Waals surface area contributed by atoms with Gasteiger partial charge < -0.3 is 15.4 Å². The first-order valence-corrected chi connectivity index (χ1v) is 9.20. The molecule has 1 saturated heterocycles. The van der Waals surface area contributed by atoms with Gasteiger partial charge in [-0.15, -0.1) is 0 Å². The lowest BCUT2D eigenvalue weighted by Gasteiger charge is -2.26. The van der Waals surface area contributed by atoms with Gasteiger partial charge in [-0.25, -0.2) is 9.37 Å². The van der Waals surface area contributed by atoms with Crippen molar-refractivity contribution in [1.82, 2.24) is 20.5 Å². The predicted molar refractivity (Wildman–Crippen MR) is 101 cm³/mol. The molecule has 1 aliphatic heterocycles. The number of benzene rings is 1. The minimum atomic E-state index is -0.396. The van der Waals surface area contributed by atoms with Crippen molar-refractivity contribution in [3.8, 4) is 0 Å². The summed E-state index contributed by atoms with van der Waals surface area (Å²) in [6.45, 7) is 4.63. The normalized spacial score (nSPS) is 14.5. The molecule has 1 aromatic carbocycles. The van der Waals surface area contributed by atoms with E-state index in [0.29, 0.717) is 19.8 Å². The molecule has 1 aliphatic rings. The van der Waals surface area contributed by atoms with Gasteiger partial charge in [0.15, 0.2) is 0 Å². The molecule has 2 aromatic rings. The van der Waals surface area contributed by atoms with E-state index in [1.54, 1.807) is 30.3 Å². The van der Waals surface area contributed by atoms with Crippen LogP contribution < -0.4 is 10.6 Å². The van der Waals surface area contributed by atoms with E-state index in [-0.39, 0.29) is 29.7 Å². The van der Waals surface area contributed by atoms with Crippen LogP contribution in [0.4, 0.5) is 4.39 Å². The fourth-order valence-electron chi connectivity index (χ4n) is 2.81. The number of morpholine rings is 1. The van der Waals surface area contributed by atoms with Crippen LogP contribution in [0.2, 0.25) is 0 Å². The van der Waals surface area contributed by atoms with Gasteiger partial charge in [-0.05, 0) is 29.8 Å². The summed E-state index contributed by atoms with van der Waals surface area (Å²) in [7, 11) is 0. The first-order chi connectivity index (χ1) is 13.6. The minimum Gasteiger partial charge on any atom is -0.379 e. The Hall–Kier alpha value is -2.84. The molecule has 1 fully saturated rings. The molecule has 0 bridgehead atoms. The summed E-state index contributed by atoms with van der Waals surface area (Å²) >= 11 is 0. The van der Waals surface area contributed by atoms with E-state index in [0.717, 1.165) is 25.2 Å². The molecule has 3 rings (SSSR count). The molecular formula is C20H23FN4O3. The Morgan fingerprint density at radius 3 is 2.32 bits per heavy atom. The zero-order chi connectivity index (χ0) is 19.8. The lowest BCUT2D eigenvalue weighted by Crippen LogP contribution is -2.41. The molecule has 2 N–H and O–H groups in total. The summed E-state index contributed by atoms with van der Waals surface area (Å²) in [5, 5.41) is 5.54. The molecule has 7 nitrogen and oxygen atoms in total. The van der Waals surface area contributed by atoms with Crippen molar-refractivity contribution >= 4 is 11.8 Å². The number of halogens is 1. The van der Waals surface area contributed by atoms with Crippen molar-refractivity contribution in [2.75, 3.05) is 39.4 Å². The van der Waals surface area contributed by atoms with E-state index in [4.69, 9.17) is 4.74 Å². The summed E-state index contributed by atoms with van der Waals surface area (Å²) in [4.78, 5) is 30.9. The van der Waals surface area contributed by atoms with Crippen LogP contribution in [0, 0.1) is 5.82 Å². The standard InChI is InChI=1S/C20H23FN4O3/c21-16-6-4-15(5-7-16)14-23-20(27)18-3-1-2-17(24-18)19(26)22-8-9-25-10-12-28-13-11-25/h1-7H,8-14H2,(H,22,26)(H,23,27). The van der Waals surface area contributed by atoms with Gasteiger partial charge in [-0.3, -0.25) is 14.5 Å². The van der Waals surface area contributed by atoms with Crippen LogP contribution >= 0.6 is 0 Å². The van der Waals surface area contributed by atoms with E-state index in [1.165, 1.54) is 12.1 Å². The monoisotopic (exact) mass is 386 g/mol. The number of carbonyl (C=O) groups excluding carboxylic acids is 2.